The lowest BCUT2D eigenvalue weighted by Gasteiger charge is -2.07. The van der Waals surface area contributed by atoms with E-state index in [1.807, 2.05) is 0 Å². The quantitative estimate of drug-likeness (QED) is 0.313. The fourth-order valence-electron chi connectivity index (χ4n) is 2.02. The number of carbonyl (C=O) groups is 1. The normalized spacial score (nSPS) is 11.1. The van der Waals surface area contributed by atoms with Crippen LogP contribution in [0.4, 0.5) is 0 Å². The Morgan fingerprint density at radius 1 is 0.600 bits per heavy atom. The first-order chi connectivity index (χ1) is 12.3. The van der Waals surface area contributed by atoms with E-state index in [-0.39, 0.29) is 13.2 Å². The molecule has 0 unspecified atom stereocenters. The molecule has 25 heavy (non-hydrogen) atoms. The van der Waals surface area contributed by atoms with E-state index in [0.29, 0.717) is 46.2 Å². The van der Waals surface area contributed by atoms with Gasteiger partial charge in [0.1, 0.15) is 6.61 Å². The smallest absolute Gasteiger partial charge is 0.329 e. The van der Waals surface area contributed by atoms with Gasteiger partial charge in [0.2, 0.25) is 0 Å². The fraction of sp³-hybridized carbons (Fsp3) is 0.944. The Balaban J connectivity index is 2.97. The molecular formula is C18H36O7. The van der Waals surface area contributed by atoms with E-state index in [1.165, 1.54) is 32.1 Å². The van der Waals surface area contributed by atoms with Crippen LogP contribution in [-0.2, 0) is 28.5 Å². The van der Waals surface area contributed by atoms with E-state index in [0.717, 1.165) is 13.0 Å². The summed E-state index contributed by atoms with van der Waals surface area (Å²) < 4.78 is 26.3. The Hall–Kier alpha value is -0.730. The van der Waals surface area contributed by atoms with Crippen LogP contribution in [0.5, 0.6) is 0 Å². The van der Waals surface area contributed by atoms with Crippen LogP contribution in [0.1, 0.15) is 45.4 Å². The lowest BCUT2D eigenvalue weighted by molar-refractivity contribution is -0.142. The van der Waals surface area contributed by atoms with Crippen molar-refractivity contribution in [1.29, 1.82) is 0 Å². The third kappa shape index (κ3) is 23.3. The zero-order valence-electron chi connectivity index (χ0n) is 15.7. The molecule has 0 saturated heterocycles. The van der Waals surface area contributed by atoms with Gasteiger partial charge < -0.3 is 28.8 Å². The van der Waals surface area contributed by atoms with Crippen molar-refractivity contribution in [3.63, 3.8) is 0 Å². The van der Waals surface area contributed by atoms with Gasteiger partial charge in [-0.25, -0.2) is 4.79 Å². The maximum absolute atomic E-state index is 10.2. The predicted molar refractivity (Wildman–Crippen MR) is 95.1 cm³/mol. The van der Waals surface area contributed by atoms with E-state index in [2.05, 4.69) is 6.92 Å². The zero-order chi connectivity index (χ0) is 18.4. The molecule has 0 bridgehead atoms. The molecule has 0 aliphatic rings. The van der Waals surface area contributed by atoms with Crippen LogP contribution in [0.3, 0.4) is 0 Å². The van der Waals surface area contributed by atoms with Crippen molar-refractivity contribution in [2.24, 2.45) is 0 Å². The first-order valence-corrected chi connectivity index (χ1v) is 9.38. The van der Waals surface area contributed by atoms with Crippen molar-refractivity contribution in [3.8, 4) is 0 Å². The van der Waals surface area contributed by atoms with Crippen molar-refractivity contribution < 1.29 is 33.6 Å². The summed E-state index contributed by atoms with van der Waals surface area (Å²) in [5.41, 5.74) is 0. The lowest BCUT2D eigenvalue weighted by atomic mass is 10.1. The molecule has 0 saturated carbocycles. The molecule has 0 amide bonds. The molecule has 0 radical (unpaired) electrons. The molecule has 150 valence electrons. The summed E-state index contributed by atoms with van der Waals surface area (Å²) in [6, 6.07) is 0. The van der Waals surface area contributed by atoms with Crippen LogP contribution >= 0.6 is 0 Å². The van der Waals surface area contributed by atoms with Gasteiger partial charge in [0.15, 0.2) is 0 Å². The number of hydrogen-bond acceptors (Lipinski definition) is 6. The first kappa shape index (κ1) is 24.3. The topological polar surface area (TPSA) is 83.5 Å². The second kappa shape index (κ2) is 21.3. The predicted octanol–water partition coefficient (Wildman–Crippen LogP) is 2.51. The highest BCUT2D eigenvalue weighted by Gasteiger charge is 1.96. The molecule has 0 fully saturated rings. The van der Waals surface area contributed by atoms with Crippen LogP contribution in [0, 0.1) is 0 Å². The maximum atomic E-state index is 10.2. The van der Waals surface area contributed by atoms with Crippen LogP contribution in [0.2, 0.25) is 0 Å². The van der Waals surface area contributed by atoms with Crippen LogP contribution in [0.25, 0.3) is 0 Å². The summed E-state index contributed by atoms with van der Waals surface area (Å²) in [6.45, 7) is 6.62. The number of aliphatic carboxylic acids is 1. The minimum Gasteiger partial charge on any atom is -0.480 e. The van der Waals surface area contributed by atoms with Gasteiger partial charge >= 0.3 is 5.97 Å². The average Bonchev–Trinajstić information content (AvgIpc) is 2.60. The van der Waals surface area contributed by atoms with Gasteiger partial charge in [0.05, 0.1) is 52.9 Å². The van der Waals surface area contributed by atoms with Gasteiger partial charge in [-0.3, -0.25) is 0 Å². The van der Waals surface area contributed by atoms with Gasteiger partial charge in [-0.15, -0.1) is 0 Å². The fourth-order valence-corrected chi connectivity index (χ4v) is 2.02. The van der Waals surface area contributed by atoms with Crippen LogP contribution in [-0.4, -0.2) is 77.1 Å². The van der Waals surface area contributed by atoms with Crippen molar-refractivity contribution in [3.05, 3.63) is 0 Å². The van der Waals surface area contributed by atoms with Crippen molar-refractivity contribution in [1.82, 2.24) is 0 Å². The minimum atomic E-state index is -0.976. The largest absolute Gasteiger partial charge is 0.480 e. The van der Waals surface area contributed by atoms with Crippen molar-refractivity contribution in [2.75, 3.05) is 66.1 Å². The summed E-state index contributed by atoms with van der Waals surface area (Å²) in [6.07, 6.45) is 7.65. The Morgan fingerprint density at radius 3 is 1.48 bits per heavy atom. The summed E-state index contributed by atoms with van der Waals surface area (Å²) in [5, 5.41) is 8.36. The monoisotopic (exact) mass is 364 g/mol. The highest BCUT2D eigenvalue weighted by atomic mass is 16.6. The molecular weight excluding hydrogens is 328 g/mol. The molecule has 0 rings (SSSR count). The Kier molecular flexibility index (Phi) is 20.7. The third-order valence-corrected chi connectivity index (χ3v) is 3.36. The number of carboxylic acids is 1. The average molecular weight is 364 g/mol. The lowest BCUT2D eigenvalue weighted by Crippen LogP contribution is -2.14. The first-order valence-electron chi connectivity index (χ1n) is 9.38. The van der Waals surface area contributed by atoms with Gasteiger partial charge in [0.25, 0.3) is 0 Å². The maximum Gasteiger partial charge on any atom is 0.329 e. The second-order valence-electron chi connectivity index (χ2n) is 5.66. The van der Waals surface area contributed by atoms with Crippen LogP contribution < -0.4 is 0 Å². The van der Waals surface area contributed by atoms with Crippen molar-refractivity contribution in [2.45, 2.75) is 45.4 Å². The molecule has 0 aliphatic carbocycles. The SMILES string of the molecule is CCCCCCCCOCCOCCOCCOCCOCC(=O)O. The summed E-state index contributed by atoms with van der Waals surface area (Å²) in [7, 11) is 0. The van der Waals surface area contributed by atoms with Crippen LogP contribution in [0.15, 0.2) is 0 Å². The molecule has 7 nitrogen and oxygen atoms in total. The van der Waals surface area contributed by atoms with Gasteiger partial charge in [-0.2, -0.15) is 0 Å². The highest BCUT2D eigenvalue weighted by Crippen LogP contribution is 2.04. The van der Waals surface area contributed by atoms with E-state index < -0.39 is 5.97 Å². The number of hydrogen-bond donors (Lipinski definition) is 1. The van der Waals surface area contributed by atoms with E-state index >= 15 is 0 Å². The molecule has 0 spiro atoms. The molecule has 0 heterocycles. The van der Waals surface area contributed by atoms with E-state index in [9.17, 15) is 4.79 Å². The number of carboxylic acid groups (broad SMARTS) is 1. The Morgan fingerprint density at radius 2 is 1.00 bits per heavy atom. The van der Waals surface area contributed by atoms with Gasteiger partial charge in [0, 0.05) is 6.61 Å². The number of rotatable bonds is 21. The minimum absolute atomic E-state index is 0.272. The number of unbranched alkanes of at least 4 members (excludes halogenated alkanes) is 5. The summed E-state index contributed by atoms with van der Waals surface area (Å²) in [5.74, 6) is -0.976. The Labute approximate surface area is 151 Å². The van der Waals surface area contributed by atoms with E-state index in [4.69, 9.17) is 28.8 Å². The van der Waals surface area contributed by atoms with Crippen molar-refractivity contribution >= 4 is 5.97 Å². The molecule has 0 aromatic heterocycles. The van der Waals surface area contributed by atoms with Gasteiger partial charge in [-0.1, -0.05) is 39.0 Å². The molecule has 0 aliphatic heterocycles. The standard InChI is InChI=1S/C18H36O7/c1-2-3-4-5-6-7-8-21-9-10-22-11-12-23-13-14-24-15-16-25-17-18(19)20/h2-17H2,1H3,(H,19,20). The third-order valence-electron chi connectivity index (χ3n) is 3.36. The molecule has 1 N–H and O–H groups in total. The Bertz CT molecular complexity index is 274. The second-order valence-corrected chi connectivity index (χ2v) is 5.66. The summed E-state index contributed by atoms with van der Waals surface area (Å²) in [4.78, 5) is 10.2. The van der Waals surface area contributed by atoms with Gasteiger partial charge in [-0.05, 0) is 6.42 Å². The zero-order valence-corrected chi connectivity index (χ0v) is 15.7. The molecule has 7 heteroatoms. The highest BCUT2D eigenvalue weighted by molar-refractivity contribution is 5.67. The summed E-state index contributed by atoms with van der Waals surface area (Å²) >= 11 is 0. The van der Waals surface area contributed by atoms with E-state index in [1.54, 1.807) is 0 Å². The molecule has 0 aromatic rings. The molecule has 0 atom stereocenters. The number of ether oxygens (including phenoxy) is 5. The molecule has 0 aromatic carbocycles.